The van der Waals surface area contributed by atoms with Crippen molar-refractivity contribution in [3.8, 4) is 0 Å². The molecule has 2 rings (SSSR count). The lowest BCUT2D eigenvalue weighted by Gasteiger charge is -1.89. The van der Waals surface area contributed by atoms with Crippen LogP contribution in [0.5, 0.6) is 0 Å². The number of rotatable bonds is 2. The van der Waals surface area contributed by atoms with Gasteiger partial charge in [-0.05, 0) is 6.42 Å². The van der Waals surface area contributed by atoms with Crippen molar-refractivity contribution in [2.75, 3.05) is 0 Å². The third-order valence-electron chi connectivity index (χ3n) is 2.13. The van der Waals surface area contributed by atoms with Gasteiger partial charge in [-0.15, -0.1) is 0 Å². The van der Waals surface area contributed by atoms with Crippen LogP contribution in [0.25, 0.3) is 11.1 Å². The first kappa shape index (κ1) is 8.25. The van der Waals surface area contributed by atoms with Crippen molar-refractivity contribution in [3.05, 3.63) is 11.4 Å². The van der Waals surface area contributed by atoms with Gasteiger partial charge in [0.15, 0.2) is 0 Å². The average Bonchev–Trinajstić information content (AvgIpc) is 2.67. The molecule has 0 saturated carbocycles. The van der Waals surface area contributed by atoms with Gasteiger partial charge in [0.2, 0.25) is 0 Å². The standard InChI is InChI=1S/C8H12N4O/c1-3-5-7-6(4-9)10-12(2)8(7)13-11-5/h3-4,9H2,1-2H3. The van der Waals surface area contributed by atoms with Gasteiger partial charge in [-0.25, -0.2) is 4.68 Å². The van der Waals surface area contributed by atoms with E-state index < -0.39 is 0 Å². The summed E-state index contributed by atoms with van der Waals surface area (Å²) in [5, 5.41) is 9.17. The van der Waals surface area contributed by atoms with Crippen molar-refractivity contribution in [2.24, 2.45) is 12.8 Å². The fourth-order valence-corrected chi connectivity index (χ4v) is 1.48. The van der Waals surface area contributed by atoms with E-state index in [1.54, 1.807) is 4.68 Å². The molecule has 0 saturated heterocycles. The van der Waals surface area contributed by atoms with Gasteiger partial charge >= 0.3 is 0 Å². The lowest BCUT2D eigenvalue weighted by Crippen LogP contribution is -2.00. The molecule has 0 aliphatic carbocycles. The van der Waals surface area contributed by atoms with Crippen molar-refractivity contribution >= 4 is 11.1 Å². The molecule has 2 heterocycles. The first-order valence-electron chi connectivity index (χ1n) is 4.28. The highest BCUT2D eigenvalue weighted by Gasteiger charge is 2.15. The Balaban J connectivity index is 2.77. The minimum Gasteiger partial charge on any atom is -0.336 e. The van der Waals surface area contributed by atoms with Crippen molar-refractivity contribution in [2.45, 2.75) is 19.9 Å². The molecule has 0 fully saturated rings. The quantitative estimate of drug-likeness (QED) is 0.734. The van der Waals surface area contributed by atoms with Crippen LogP contribution in [-0.2, 0) is 20.0 Å². The number of nitrogens with two attached hydrogens (primary N) is 1. The summed E-state index contributed by atoms with van der Waals surface area (Å²) in [6.07, 6.45) is 0.839. The van der Waals surface area contributed by atoms with E-state index in [9.17, 15) is 0 Å². The van der Waals surface area contributed by atoms with Crippen LogP contribution in [0.2, 0.25) is 0 Å². The summed E-state index contributed by atoms with van der Waals surface area (Å²) < 4.78 is 6.82. The lowest BCUT2D eigenvalue weighted by atomic mass is 10.2. The topological polar surface area (TPSA) is 69.9 Å². The first-order chi connectivity index (χ1) is 6.27. The predicted octanol–water partition coefficient (Wildman–Crippen LogP) is 0.582. The largest absolute Gasteiger partial charge is 0.336 e. The van der Waals surface area contributed by atoms with Gasteiger partial charge in [-0.3, -0.25) is 0 Å². The van der Waals surface area contributed by atoms with Crippen molar-refractivity contribution < 1.29 is 4.52 Å². The molecular weight excluding hydrogens is 168 g/mol. The third-order valence-corrected chi connectivity index (χ3v) is 2.13. The predicted molar refractivity (Wildman–Crippen MR) is 48.0 cm³/mol. The maximum Gasteiger partial charge on any atom is 0.256 e. The van der Waals surface area contributed by atoms with E-state index in [1.165, 1.54) is 0 Å². The second kappa shape index (κ2) is 2.85. The summed E-state index contributed by atoms with van der Waals surface area (Å²) in [6, 6.07) is 0. The maximum absolute atomic E-state index is 5.57. The van der Waals surface area contributed by atoms with Crippen LogP contribution < -0.4 is 5.73 Å². The van der Waals surface area contributed by atoms with Crippen LogP contribution in [-0.4, -0.2) is 14.9 Å². The Kier molecular flexibility index (Phi) is 1.81. The molecule has 0 radical (unpaired) electrons. The Labute approximate surface area is 75.5 Å². The zero-order valence-corrected chi connectivity index (χ0v) is 7.74. The molecule has 0 atom stereocenters. The highest BCUT2D eigenvalue weighted by Crippen LogP contribution is 2.21. The normalized spacial score (nSPS) is 11.3. The van der Waals surface area contributed by atoms with Gasteiger partial charge in [0, 0.05) is 13.6 Å². The van der Waals surface area contributed by atoms with E-state index in [1.807, 2.05) is 14.0 Å². The maximum atomic E-state index is 5.57. The summed E-state index contributed by atoms with van der Waals surface area (Å²) in [5.41, 5.74) is 8.06. The van der Waals surface area contributed by atoms with Crippen LogP contribution in [0.3, 0.4) is 0 Å². The Morgan fingerprint density at radius 1 is 1.46 bits per heavy atom. The molecule has 0 unspecified atom stereocenters. The molecule has 5 nitrogen and oxygen atoms in total. The van der Waals surface area contributed by atoms with Crippen molar-refractivity contribution in [1.82, 2.24) is 14.9 Å². The summed E-state index contributed by atoms with van der Waals surface area (Å²) in [4.78, 5) is 0. The summed E-state index contributed by atoms with van der Waals surface area (Å²) >= 11 is 0. The summed E-state index contributed by atoms with van der Waals surface area (Å²) in [6.45, 7) is 2.45. The van der Waals surface area contributed by atoms with E-state index >= 15 is 0 Å². The molecule has 2 aromatic heterocycles. The average molecular weight is 180 g/mol. The summed E-state index contributed by atoms with van der Waals surface area (Å²) in [7, 11) is 1.83. The van der Waals surface area contributed by atoms with Gasteiger partial charge in [0.1, 0.15) is 0 Å². The van der Waals surface area contributed by atoms with Gasteiger partial charge in [-0.1, -0.05) is 12.1 Å². The zero-order valence-electron chi connectivity index (χ0n) is 7.74. The van der Waals surface area contributed by atoms with E-state index in [0.717, 1.165) is 23.2 Å². The van der Waals surface area contributed by atoms with Crippen molar-refractivity contribution in [3.63, 3.8) is 0 Å². The zero-order chi connectivity index (χ0) is 9.42. The molecular formula is C8H12N4O. The van der Waals surface area contributed by atoms with Crippen molar-refractivity contribution in [1.29, 1.82) is 0 Å². The van der Waals surface area contributed by atoms with Crippen LogP contribution >= 0.6 is 0 Å². The monoisotopic (exact) mass is 180 g/mol. The van der Waals surface area contributed by atoms with E-state index in [2.05, 4.69) is 10.3 Å². The second-order valence-corrected chi connectivity index (χ2v) is 2.94. The fourth-order valence-electron chi connectivity index (χ4n) is 1.48. The number of aryl methyl sites for hydroxylation is 2. The number of fused-ring (bicyclic) bond motifs is 1. The van der Waals surface area contributed by atoms with Gasteiger partial charge in [0.25, 0.3) is 5.71 Å². The number of hydrogen-bond donors (Lipinski definition) is 1. The van der Waals surface area contributed by atoms with Crippen LogP contribution in [0.15, 0.2) is 4.52 Å². The Hall–Kier alpha value is -1.36. The molecule has 2 N–H and O–H groups in total. The third kappa shape index (κ3) is 1.04. The molecule has 0 spiro atoms. The molecule has 2 aromatic rings. The smallest absolute Gasteiger partial charge is 0.256 e. The molecule has 0 aliphatic rings. The van der Waals surface area contributed by atoms with E-state index in [4.69, 9.17) is 10.3 Å². The minimum absolute atomic E-state index is 0.422. The molecule has 0 aromatic carbocycles. The second-order valence-electron chi connectivity index (χ2n) is 2.94. The summed E-state index contributed by atoms with van der Waals surface area (Å²) in [5.74, 6) is 0. The fraction of sp³-hybridized carbons (Fsp3) is 0.500. The number of hydrogen-bond acceptors (Lipinski definition) is 4. The molecule has 5 heteroatoms. The van der Waals surface area contributed by atoms with Crippen LogP contribution in [0, 0.1) is 0 Å². The lowest BCUT2D eigenvalue weighted by molar-refractivity contribution is 0.424. The van der Waals surface area contributed by atoms with Gasteiger partial charge in [0.05, 0.1) is 16.8 Å². The molecule has 70 valence electrons. The molecule has 0 bridgehead atoms. The SMILES string of the molecule is CCc1noc2c1c(CN)nn2C. The van der Waals surface area contributed by atoms with E-state index in [0.29, 0.717) is 12.3 Å². The molecule has 13 heavy (non-hydrogen) atoms. The minimum atomic E-state index is 0.422. The Bertz CT molecular complexity index is 428. The highest BCUT2D eigenvalue weighted by atomic mass is 16.5. The number of aromatic nitrogens is 3. The van der Waals surface area contributed by atoms with E-state index in [-0.39, 0.29) is 0 Å². The molecule has 0 aliphatic heterocycles. The van der Waals surface area contributed by atoms with Gasteiger partial charge < -0.3 is 10.3 Å². The Morgan fingerprint density at radius 2 is 2.23 bits per heavy atom. The van der Waals surface area contributed by atoms with Gasteiger partial charge in [-0.2, -0.15) is 5.10 Å². The van der Waals surface area contributed by atoms with Crippen LogP contribution in [0.1, 0.15) is 18.3 Å². The van der Waals surface area contributed by atoms with Crippen LogP contribution in [0.4, 0.5) is 0 Å². The number of nitrogens with zero attached hydrogens (tertiary/aromatic N) is 3. The highest BCUT2D eigenvalue weighted by molar-refractivity contribution is 5.79. The Morgan fingerprint density at radius 3 is 2.85 bits per heavy atom. The first-order valence-corrected chi connectivity index (χ1v) is 4.28. The molecule has 0 amide bonds.